The second kappa shape index (κ2) is 8.88. The quantitative estimate of drug-likeness (QED) is 0.635. The second-order valence-electron chi connectivity index (χ2n) is 3.65. The van der Waals surface area contributed by atoms with Crippen LogP contribution in [0.1, 0.15) is 25.7 Å². The van der Waals surface area contributed by atoms with Gasteiger partial charge in [0.05, 0.1) is 13.2 Å². The Bertz CT molecular complexity index is 311. The summed E-state index contributed by atoms with van der Waals surface area (Å²) in [7, 11) is 0. The molecule has 0 atom stereocenters. The van der Waals surface area contributed by atoms with Gasteiger partial charge in [0.2, 0.25) is 0 Å². The number of hydrogen-bond donors (Lipinski definition) is 0. The number of carbonyl (C=O) groups excluding carboxylic acids is 1. The smallest absolute Gasteiger partial charge is 0.417 e. The molecule has 0 saturated carbocycles. The number of unbranched alkanes of at least 4 members (excludes halogenated alkanes) is 3. The molecule has 0 spiro atoms. The van der Waals surface area contributed by atoms with E-state index in [1.165, 1.54) is 6.47 Å². The molecule has 1 rings (SSSR count). The highest BCUT2D eigenvalue weighted by molar-refractivity contribution is 6.30. The van der Waals surface area contributed by atoms with E-state index in [0.717, 1.165) is 31.4 Å². The van der Waals surface area contributed by atoms with Crippen molar-refractivity contribution in [2.75, 3.05) is 13.2 Å². The van der Waals surface area contributed by atoms with Gasteiger partial charge in [-0.1, -0.05) is 11.6 Å². The molecule has 4 heteroatoms. The third kappa shape index (κ3) is 6.84. The van der Waals surface area contributed by atoms with Crippen molar-refractivity contribution < 1.29 is 14.3 Å². The lowest BCUT2D eigenvalue weighted by Gasteiger charge is -2.05. The molecule has 0 aromatic heterocycles. The zero-order chi connectivity index (χ0) is 12.3. The topological polar surface area (TPSA) is 35.5 Å². The molecule has 1 aromatic rings. The predicted molar refractivity (Wildman–Crippen MR) is 67.1 cm³/mol. The van der Waals surface area contributed by atoms with Gasteiger partial charge in [0, 0.05) is 5.02 Å². The Balaban J connectivity index is 1.97. The summed E-state index contributed by atoms with van der Waals surface area (Å²) in [6, 6.07) is 7.33. The number of halogens is 1. The van der Waals surface area contributed by atoms with Crippen LogP contribution in [0, 0.1) is 0 Å². The molecule has 0 heterocycles. The highest BCUT2D eigenvalue weighted by Gasteiger charge is 1.94. The summed E-state index contributed by atoms with van der Waals surface area (Å²) in [6.07, 6.45) is 3.98. The first-order chi connectivity index (χ1) is 8.33. The van der Waals surface area contributed by atoms with Crippen molar-refractivity contribution in [2.45, 2.75) is 25.7 Å². The summed E-state index contributed by atoms with van der Waals surface area (Å²) in [5.41, 5.74) is 0. The predicted octanol–water partition coefficient (Wildman–Crippen LogP) is 3.36. The Kier molecular flexibility index (Phi) is 7.23. The van der Waals surface area contributed by atoms with Crippen LogP contribution in [0.15, 0.2) is 24.3 Å². The van der Waals surface area contributed by atoms with Gasteiger partial charge in [-0.25, -0.2) is 4.79 Å². The van der Waals surface area contributed by atoms with Crippen molar-refractivity contribution in [3.05, 3.63) is 29.3 Å². The van der Waals surface area contributed by atoms with Gasteiger partial charge < -0.3 is 9.47 Å². The van der Waals surface area contributed by atoms with Gasteiger partial charge in [-0.05, 0) is 49.9 Å². The summed E-state index contributed by atoms with van der Waals surface area (Å²) < 4.78 is 10.0. The summed E-state index contributed by atoms with van der Waals surface area (Å²) in [5.74, 6) is 0.841. The second-order valence-corrected chi connectivity index (χ2v) is 4.08. The molecule has 0 saturated heterocycles. The zero-order valence-corrected chi connectivity index (χ0v) is 10.4. The van der Waals surface area contributed by atoms with Gasteiger partial charge in [-0.3, -0.25) is 0 Å². The van der Waals surface area contributed by atoms with Crippen molar-refractivity contribution in [2.24, 2.45) is 0 Å². The van der Waals surface area contributed by atoms with Crippen molar-refractivity contribution in [3.8, 4) is 5.75 Å². The minimum Gasteiger partial charge on any atom is -0.494 e. The molecule has 0 aliphatic carbocycles. The van der Waals surface area contributed by atoms with Crippen molar-refractivity contribution >= 4 is 18.1 Å². The van der Waals surface area contributed by atoms with Crippen LogP contribution < -0.4 is 4.74 Å². The van der Waals surface area contributed by atoms with E-state index in [0.29, 0.717) is 18.2 Å². The fourth-order valence-corrected chi connectivity index (χ4v) is 1.52. The number of ether oxygens (including phenoxy) is 2. The standard InChI is InChI=1S/C13H16ClO3/c14-12-5-7-13(8-6-12)17-10-4-2-1-3-9-16-11-15/h5-8H,1-4,9-10H2. The molecule has 17 heavy (non-hydrogen) atoms. The largest absolute Gasteiger partial charge is 0.494 e. The average Bonchev–Trinajstić information content (AvgIpc) is 2.35. The Hall–Kier alpha value is -1.22. The van der Waals surface area contributed by atoms with E-state index in [1.54, 1.807) is 0 Å². The van der Waals surface area contributed by atoms with E-state index >= 15 is 0 Å². The van der Waals surface area contributed by atoms with Crippen LogP contribution in [0.5, 0.6) is 5.75 Å². The van der Waals surface area contributed by atoms with E-state index in [4.69, 9.17) is 16.3 Å². The fourth-order valence-electron chi connectivity index (χ4n) is 1.39. The van der Waals surface area contributed by atoms with Crippen LogP contribution in [0.2, 0.25) is 5.02 Å². The molecule has 0 fully saturated rings. The van der Waals surface area contributed by atoms with Crippen LogP contribution in [-0.4, -0.2) is 19.7 Å². The highest BCUT2D eigenvalue weighted by Crippen LogP contribution is 2.15. The van der Waals surface area contributed by atoms with Crippen LogP contribution in [-0.2, 0) is 9.53 Å². The van der Waals surface area contributed by atoms with Crippen molar-refractivity contribution in [3.63, 3.8) is 0 Å². The molecular formula is C13H16ClO3. The molecule has 0 bridgehead atoms. The Morgan fingerprint density at radius 2 is 1.65 bits per heavy atom. The third-order valence-electron chi connectivity index (χ3n) is 2.28. The van der Waals surface area contributed by atoms with Crippen molar-refractivity contribution in [1.29, 1.82) is 0 Å². The molecule has 0 aliphatic heterocycles. The molecule has 3 nitrogen and oxygen atoms in total. The fraction of sp³-hybridized carbons (Fsp3) is 0.462. The number of benzene rings is 1. The van der Waals surface area contributed by atoms with Gasteiger partial charge in [0.1, 0.15) is 5.75 Å². The molecule has 0 aliphatic rings. The highest BCUT2D eigenvalue weighted by atomic mass is 35.5. The van der Waals surface area contributed by atoms with Crippen molar-refractivity contribution in [1.82, 2.24) is 0 Å². The first kappa shape index (κ1) is 13.8. The Morgan fingerprint density at radius 3 is 2.29 bits per heavy atom. The minimum absolute atomic E-state index is 0.460. The lowest BCUT2D eigenvalue weighted by atomic mass is 10.2. The zero-order valence-electron chi connectivity index (χ0n) is 9.65. The maximum atomic E-state index is 9.74. The van der Waals surface area contributed by atoms with Crippen LogP contribution in [0.4, 0.5) is 0 Å². The van der Waals surface area contributed by atoms with Crippen LogP contribution >= 0.6 is 11.6 Å². The normalized spacial score (nSPS) is 9.94. The Labute approximate surface area is 107 Å². The van der Waals surface area contributed by atoms with Gasteiger partial charge in [-0.2, -0.15) is 0 Å². The molecule has 0 unspecified atom stereocenters. The average molecular weight is 256 g/mol. The first-order valence-electron chi connectivity index (χ1n) is 5.70. The number of hydrogen-bond acceptors (Lipinski definition) is 3. The van der Waals surface area contributed by atoms with E-state index in [9.17, 15) is 4.79 Å². The van der Waals surface area contributed by atoms with E-state index in [-0.39, 0.29) is 0 Å². The summed E-state index contributed by atoms with van der Waals surface area (Å²) >= 11 is 5.76. The van der Waals surface area contributed by atoms with E-state index in [2.05, 4.69) is 4.74 Å². The molecule has 1 radical (unpaired) electrons. The lowest BCUT2D eigenvalue weighted by molar-refractivity contribution is 0.263. The van der Waals surface area contributed by atoms with Crippen LogP contribution in [0.3, 0.4) is 0 Å². The third-order valence-corrected chi connectivity index (χ3v) is 2.53. The summed E-state index contributed by atoms with van der Waals surface area (Å²) in [6.45, 7) is 2.57. The van der Waals surface area contributed by atoms with Gasteiger partial charge in [0.15, 0.2) is 0 Å². The number of rotatable bonds is 9. The maximum absolute atomic E-state index is 9.74. The maximum Gasteiger partial charge on any atom is 0.417 e. The van der Waals surface area contributed by atoms with Crippen LogP contribution in [0.25, 0.3) is 0 Å². The summed E-state index contributed by atoms with van der Waals surface area (Å²) in [5, 5.41) is 0.712. The van der Waals surface area contributed by atoms with E-state index in [1.807, 2.05) is 24.3 Å². The monoisotopic (exact) mass is 255 g/mol. The van der Waals surface area contributed by atoms with Gasteiger partial charge in [0.25, 0.3) is 0 Å². The van der Waals surface area contributed by atoms with Gasteiger partial charge >= 0.3 is 6.47 Å². The lowest BCUT2D eigenvalue weighted by Crippen LogP contribution is -1.98. The minimum atomic E-state index is 0.460. The molecule has 1 aromatic carbocycles. The SMILES string of the molecule is O=[C]OCCCCCCOc1ccc(Cl)cc1. The molecule has 93 valence electrons. The first-order valence-corrected chi connectivity index (χ1v) is 6.08. The summed E-state index contributed by atoms with van der Waals surface area (Å²) in [4.78, 5) is 9.74. The van der Waals surface area contributed by atoms with E-state index < -0.39 is 0 Å². The Morgan fingerprint density at radius 1 is 1.00 bits per heavy atom. The molecular weight excluding hydrogens is 240 g/mol. The van der Waals surface area contributed by atoms with Gasteiger partial charge in [-0.15, -0.1) is 0 Å². The molecule has 0 amide bonds. The molecule has 0 N–H and O–H groups in total.